The number of pyridine rings is 1. The van der Waals surface area contributed by atoms with Crippen molar-refractivity contribution in [1.82, 2.24) is 4.98 Å². The lowest BCUT2D eigenvalue weighted by atomic mass is 10.3. The molecule has 1 aromatic heterocycles. The Bertz CT molecular complexity index is 1010. The smallest absolute Gasteiger partial charge is 0.265 e. The topological polar surface area (TPSA) is 79.4 Å². The Morgan fingerprint density at radius 2 is 1.63 bits per heavy atom. The Balaban J connectivity index is 1.92. The minimum atomic E-state index is -4.11. The van der Waals surface area contributed by atoms with Gasteiger partial charge in [-0.2, -0.15) is 0 Å². The van der Waals surface area contributed by atoms with Gasteiger partial charge in [0.1, 0.15) is 18.2 Å². The molecular formula is C19H16FN3O3S. The molecule has 0 atom stereocenters. The van der Waals surface area contributed by atoms with E-state index in [1.807, 2.05) is 0 Å². The zero-order valence-electron chi connectivity index (χ0n) is 14.1. The van der Waals surface area contributed by atoms with Crippen LogP contribution in [0.15, 0.2) is 83.9 Å². The molecule has 0 bridgehead atoms. The zero-order valence-corrected chi connectivity index (χ0v) is 14.9. The number of nitrogens with zero attached hydrogens (tertiary/aromatic N) is 2. The molecule has 0 aliphatic heterocycles. The third kappa shape index (κ3) is 4.48. The van der Waals surface area contributed by atoms with Crippen molar-refractivity contribution in [2.45, 2.75) is 4.90 Å². The average molecular weight is 385 g/mol. The van der Waals surface area contributed by atoms with Crippen molar-refractivity contribution < 1.29 is 17.6 Å². The molecule has 3 rings (SSSR count). The molecule has 1 amide bonds. The van der Waals surface area contributed by atoms with Gasteiger partial charge in [0, 0.05) is 11.9 Å². The van der Waals surface area contributed by atoms with E-state index in [-0.39, 0.29) is 10.7 Å². The van der Waals surface area contributed by atoms with E-state index in [4.69, 9.17) is 0 Å². The SMILES string of the molecule is O=C(CN(c1ccccn1)S(=O)(=O)c1ccc(F)cc1)Nc1ccccc1. The highest BCUT2D eigenvalue weighted by atomic mass is 32.2. The third-order valence-electron chi connectivity index (χ3n) is 3.65. The van der Waals surface area contributed by atoms with Crippen LogP contribution in [0.25, 0.3) is 0 Å². The lowest BCUT2D eigenvalue weighted by Crippen LogP contribution is -2.38. The van der Waals surface area contributed by atoms with Gasteiger partial charge in [-0.25, -0.2) is 22.1 Å². The van der Waals surface area contributed by atoms with Gasteiger partial charge in [-0.05, 0) is 48.5 Å². The molecule has 3 aromatic rings. The summed E-state index contributed by atoms with van der Waals surface area (Å²) in [5, 5.41) is 2.64. The van der Waals surface area contributed by atoms with Gasteiger partial charge >= 0.3 is 0 Å². The number of hydrogen-bond donors (Lipinski definition) is 1. The second-order valence-corrected chi connectivity index (χ2v) is 7.43. The largest absolute Gasteiger partial charge is 0.325 e. The van der Waals surface area contributed by atoms with Crippen molar-refractivity contribution in [3.63, 3.8) is 0 Å². The van der Waals surface area contributed by atoms with Crippen LogP contribution in [0.5, 0.6) is 0 Å². The normalized spacial score (nSPS) is 11.0. The Morgan fingerprint density at radius 1 is 0.963 bits per heavy atom. The molecule has 27 heavy (non-hydrogen) atoms. The van der Waals surface area contributed by atoms with Gasteiger partial charge in [0.05, 0.1) is 4.90 Å². The molecular weight excluding hydrogens is 369 g/mol. The van der Waals surface area contributed by atoms with Crippen molar-refractivity contribution in [3.05, 3.63) is 84.8 Å². The van der Waals surface area contributed by atoms with Crippen LogP contribution in [0, 0.1) is 5.82 Å². The standard InChI is InChI=1S/C19H16FN3O3S/c20-15-9-11-17(12-10-15)27(25,26)23(18-8-4-5-13-21-18)14-19(24)22-16-6-2-1-3-7-16/h1-13H,14H2,(H,22,24). The molecule has 1 N–H and O–H groups in total. The van der Waals surface area contributed by atoms with Gasteiger partial charge in [-0.1, -0.05) is 24.3 Å². The summed E-state index contributed by atoms with van der Waals surface area (Å²) >= 11 is 0. The summed E-state index contributed by atoms with van der Waals surface area (Å²) in [4.78, 5) is 16.3. The summed E-state index contributed by atoms with van der Waals surface area (Å²) in [5.41, 5.74) is 0.544. The fourth-order valence-corrected chi connectivity index (χ4v) is 3.75. The summed E-state index contributed by atoms with van der Waals surface area (Å²) in [6.07, 6.45) is 1.43. The van der Waals surface area contributed by atoms with E-state index in [0.29, 0.717) is 5.69 Å². The van der Waals surface area contributed by atoms with E-state index >= 15 is 0 Å². The van der Waals surface area contributed by atoms with Crippen LogP contribution in [0.1, 0.15) is 0 Å². The van der Waals surface area contributed by atoms with Crippen LogP contribution >= 0.6 is 0 Å². The molecule has 0 fully saturated rings. The van der Waals surface area contributed by atoms with Crippen molar-refractivity contribution in [3.8, 4) is 0 Å². The molecule has 0 saturated carbocycles. The maximum absolute atomic E-state index is 13.2. The molecule has 1 heterocycles. The van der Waals surface area contributed by atoms with E-state index in [2.05, 4.69) is 10.3 Å². The van der Waals surface area contributed by atoms with E-state index in [9.17, 15) is 17.6 Å². The Kier molecular flexibility index (Phi) is 5.46. The highest BCUT2D eigenvalue weighted by Crippen LogP contribution is 2.22. The predicted molar refractivity (Wildman–Crippen MR) is 100 cm³/mol. The fraction of sp³-hybridized carbons (Fsp3) is 0.0526. The lowest BCUT2D eigenvalue weighted by Gasteiger charge is -2.23. The average Bonchev–Trinajstić information content (AvgIpc) is 2.68. The number of carbonyl (C=O) groups excluding carboxylic acids is 1. The maximum Gasteiger partial charge on any atom is 0.265 e. The third-order valence-corrected chi connectivity index (χ3v) is 5.42. The number of benzene rings is 2. The molecule has 0 radical (unpaired) electrons. The van der Waals surface area contributed by atoms with Gasteiger partial charge in [0.25, 0.3) is 10.0 Å². The van der Waals surface area contributed by atoms with E-state index in [1.165, 1.54) is 12.3 Å². The number of amides is 1. The molecule has 0 unspecified atom stereocenters. The molecule has 0 aliphatic rings. The van der Waals surface area contributed by atoms with Crippen molar-refractivity contribution in [2.75, 3.05) is 16.2 Å². The first-order chi connectivity index (χ1) is 13.0. The molecule has 8 heteroatoms. The second kappa shape index (κ2) is 7.96. The van der Waals surface area contributed by atoms with Crippen LogP contribution in [-0.4, -0.2) is 25.9 Å². The predicted octanol–water partition coefficient (Wildman–Crippen LogP) is 3.05. The maximum atomic E-state index is 13.2. The number of halogens is 1. The first-order valence-corrected chi connectivity index (χ1v) is 9.45. The Morgan fingerprint density at radius 3 is 2.26 bits per heavy atom. The van der Waals surface area contributed by atoms with E-state index in [0.717, 1.165) is 28.6 Å². The van der Waals surface area contributed by atoms with Crippen LogP contribution < -0.4 is 9.62 Å². The second-order valence-electron chi connectivity index (χ2n) is 5.57. The van der Waals surface area contributed by atoms with Crippen LogP contribution in [0.3, 0.4) is 0 Å². The number of aromatic nitrogens is 1. The van der Waals surface area contributed by atoms with Crippen molar-refractivity contribution in [1.29, 1.82) is 0 Å². The molecule has 6 nitrogen and oxygen atoms in total. The van der Waals surface area contributed by atoms with Gasteiger partial charge in [0.15, 0.2) is 0 Å². The highest BCUT2D eigenvalue weighted by molar-refractivity contribution is 7.92. The van der Waals surface area contributed by atoms with Crippen LogP contribution in [0.2, 0.25) is 0 Å². The van der Waals surface area contributed by atoms with E-state index in [1.54, 1.807) is 42.5 Å². The van der Waals surface area contributed by atoms with Crippen LogP contribution in [-0.2, 0) is 14.8 Å². The number of anilines is 2. The number of nitrogens with one attached hydrogen (secondary N) is 1. The van der Waals surface area contributed by atoms with Gasteiger partial charge in [-0.15, -0.1) is 0 Å². The minimum Gasteiger partial charge on any atom is -0.325 e. The number of rotatable bonds is 6. The summed E-state index contributed by atoms with van der Waals surface area (Å²) in [6, 6.07) is 17.8. The Hall–Kier alpha value is -3.26. The van der Waals surface area contributed by atoms with E-state index < -0.39 is 28.3 Å². The monoisotopic (exact) mass is 385 g/mol. The zero-order chi connectivity index (χ0) is 19.3. The highest BCUT2D eigenvalue weighted by Gasteiger charge is 2.28. The summed E-state index contributed by atoms with van der Waals surface area (Å²) in [5.74, 6) is -0.997. The fourth-order valence-electron chi connectivity index (χ4n) is 2.38. The van der Waals surface area contributed by atoms with Crippen molar-refractivity contribution in [2.24, 2.45) is 0 Å². The summed E-state index contributed by atoms with van der Waals surface area (Å²) in [6.45, 7) is -0.481. The lowest BCUT2D eigenvalue weighted by molar-refractivity contribution is -0.114. The number of hydrogen-bond acceptors (Lipinski definition) is 4. The molecule has 0 spiro atoms. The quantitative estimate of drug-likeness (QED) is 0.707. The van der Waals surface area contributed by atoms with Gasteiger partial charge < -0.3 is 5.32 Å². The van der Waals surface area contributed by atoms with Gasteiger partial charge in [-0.3, -0.25) is 4.79 Å². The first kappa shape index (κ1) is 18.5. The molecule has 0 saturated heterocycles. The van der Waals surface area contributed by atoms with Gasteiger partial charge in [0.2, 0.25) is 5.91 Å². The number of carbonyl (C=O) groups is 1. The molecule has 2 aromatic carbocycles. The first-order valence-electron chi connectivity index (χ1n) is 8.01. The summed E-state index contributed by atoms with van der Waals surface area (Å²) < 4.78 is 40.1. The summed E-state index contributed by atoms with van der Waals surface area (Å²) in [7, 11) is -4.11. The Labute approximate surface area is 156 Å². The number of para-hydroxylation sites is 1. The molecule has 0 aliphatic carbocycles. The molecule has 138 valence electrons. The van der Waals surface area contributed by atoms with Crippen molar-refractivity contribution >= 4 is 27.4 Å². The minimum absolute atomic E-state index is 0.0880. The number of sulfonamides is 1. The van der Waals surface area contributed by atoms with Crippen LogP contribution in [0.4, 0.5) is 15.9 Å².